The fraction of sp³-hybridized carbons (Fsp3) is 0.625. The van der Waals surface area contributed by atoms with Gasteiger partial charge in [-0.25, -0.2) is 4.79 Å². The van der Waals surface area contributed by atoms with Crippen molar-refractivity contribution in [2.24, 2.45) is 0 Å². The van der Waals surface area contributed by atoms with E-state index in [1.54, 1.807) is 4.90 Å². The van der Waals surface area contributed by atoms with Gasteiger partial charge in [0.15, 0.2) is 0 Å². The Morgan fingerprint density at radius 2 is 2.18 bits per heavy atom. The molecule has 0 spiro atoms. The number of rotatable bonds is 2. The van der Waals surface area contributed by atoms with Crippen LogP contribution in [0.1, 0.15) is 13.3 Å². The van der Waals surface area contributed by atoms with Crippen molar-refractivity contribution < 1.29 is 9.53 Å². The maximum Gasteiger partial charge on any atom is 0.410 e. The first-order valence-corrected chi connectivity index (χ1v) is 3.91. The minimum atomic E-state index is -0.197. The van der Waals surface area contributed by atoms with Crippen molar-refractivity contribution in [3.8, 4) is 0 Å². The van der Waals surface area contributed by atoms with Gasteiger partial charge in [-0.3, -0.25) is 0 Å². The second-order valence-corrected chi connectivity index (χ2v) is 2.49. The van der Waals surface area contributed by atoms with Crippen LogP contribution in [0, 0.1) is 0 Å². The van der Waals surface area contributed by atoms with Gasteiger partial charge in [0.2, 0.25) is 0 Å². The van der Waals surface area contributed by atoms with Gasteiger partial charge < -0.3 is 9.64 Å². The van der Waals surface area contributed by atoms with Gasteiger partial charge in [-0.15, -0.1) is 0 Å². The fourth-order valence-corrected chi connectivity index (χ4v) is 0.908. The van der Waals surface area contributed by atoms with Crippen LogP contribution in [0.5, 0.6) is 0 Å². The van der Waals surface area contributed by atoms with E-state index < -0.39 is 0 Å². The highest BCUT2D eigenvalue weighted by Crippen LogP contribution is 2.01. The van der Waals surface area contributed by atoms with Crippen molar-refractivity contribution in [3.05, 3.63) is 12.2 Å². The standard InChI is InChI=1S/C8H13NO2/c1-2-7-11-8(10)9-5-3-4-6-9/h3-4H,2,5-7H2,1H3. The highest BCUT2D eigenvalue weighted by molar-refractivity contribution is 5.68. The zero-order chi connectivity index (χ0) is 8.10. The first kappa shape index (κ1) is 8.11. The maximum atomic E-state index is 11.1. The summed E-state index contributed by atoms with van der Waals surface area (Å²) in [5.74, 6) is 0. The molecule has 0 aromatic carbocycles. The number of hydrogen-bond acceptors (Lipinski definition) is 2. The Morgan fingerprint density at radius 1 is 1.55 bits per heavy atom. The van der Waals surface area contributed by atoms with Crippen molar-refractivity contribution >= 4 is 6.09 Å². The SMILES string of the molecule is CCCOC(=O)N1CC=CC1. The van der Waals surface area contributed by atoms with E-state index in [0.29, 0.717) is 19.7 Å². The third-order valence-corrected chi connectivity index (χ3v) is 1.51. The maximum absolute atomic E-state index is 11.1. The molecule has 0 saturated heterocycles. The van der Waals surface area contributed by atoms with Gasteiger partial charge in [-0.1, -0.05) is 19.1 Å². The van der Waals surface area contributed by atoms with Gasteiger partial charge in [0, 0.05) is 13.1 Å². The molecule has 0 aromatic rings. The van der Waals surface area contributed by atoms with Crippen LogP contribution in [-0.2, 0) is 4.74 Å². The molecule has 3 heteroatoms. The minimum Gasteiger partial charge on any atom is -0.449 e. The van der Waals surface area contributed by atoms with Crippen molar-refractivity contribution in [1.29, 1.82) is 0 Å². The van der Waals surface area contributed by atoms with Crippen LogP contribution in [0.2, 0.25) is 0 Å². The number of amides is 1. The molecule has 3 nitrogen and oxygen atoms in total. The molecule has 0 saturated carbocycles. The zero-order valence-electron chi connectivity index (χ0n) is 6.75. The smallest absolute Gasteiger partial charge is 0.410 e. The second kappa shape index (κ2) is 4.01. The lowest BCUT2D eigenvalue weighted by Crippen LogP contribution is -2.29. The number of carbonyl (C=O) groups excluding carboxylic acids is 1. The Hall–Kier alpha value is -0.990. The Kier molecular flexibility index (Phi) is 2.95. The summed E-state index contributed by atoms with van der Waals surface area (Å²) in [6.07, 6.45) is 4.62. The van der Waals surface area contributed by atoms with E-state index in [1.807, 2.05) is 19.1 Å². The van der Waals surface area contributed by atoms with Crippen molar-refractivity contribution in [2.45, 2.75) is 13.3 Å². The molecule has 0 bridgehead atoms. The number of hydrogen-bond donors (Lipinski definition) is 0. The lowest BCUT2D eigenvalue weighted by molar-refractivity contribution is 0.112. The quantitative estimate of drug-likeness (QED) is 0.564. The summed E-state index contributed by atoms with van der Waals surface area (Å²) in [6, 6.07) is 0. The number of ether oxygens (including phenoxy) is 1. The van der Waals surface area contributed by atoms with E-state index in [4.69, 9.17) is 4.74 Å². The minimum absolute atomic E-state index is 0.197. The summed E-state index contributed by atoms with van der Waals surface area (Å²) in [4.78, 5) is 12.7. The molecular formula is C8H13NO2. The van der Waals surface area contributed by atoms with Gasteiger partial charge in [0.1, 0.15) is 0 Å². The molecule has 0 fully saturated rings. The first-order valence-electron chi connectivity index (χ1n) is 3.91. The Labute approximate surface area is 66.6 Å². The Balaban J connectivity index is 2.19. The summed E-state index contributed by atoms with van der Waals surface area (Å²) in [6.45, 7) is 3.90. The molecule has 1 rings (SSSR count). The largest absolute Gasteiger partial charge is 0.449 e. The van der Waals surface area contributed by atoms with Gasteiger partial charge in [-0.05, 0) is 6.42 Å². The van der Waals surface area contributed by atoms with Crippen LogP contribution >= 0.6 is 0 Å². The monoisotopic (exact) mass is 155 g/mol. The van der Waals surface area contributed by atoms with Crippen LogP contribution < -0.4 is 0 Å². The Bertz CT molecular complexity index is 157. The van der Waals surface area contributed by atoms with E-state index in [9.17, 15) is 4.79 Å². The van der Waals surface area contributed by atoms with Gasteiger partial charge in [-0.2, -0.15) is 0 Å². The van der Waals surface area contributed by atoms with Crippen LogP contribution in [0.15, 0.2) is 12.2 Å². The predicted octanol–water partition coefficient (Wildman–Crippen LogP) is 1.40. The van der Waals surface area contributed by atoms with Gasteiger partial charge >= 0.3 is 6.09 Å². The number of carbonyl (C=O) groups is 1. The lowest BCUT2D eigenvalue weighted by atomic mass is 10.5. The van der Waals surface area contributed by atoms with E-state index >= 15 is 0 Å². The summed E-state index contributed by atoms with van der Waals surface area (Å²) < 4.78 is 4.92. The molecule has 11 heavy (non-hydrogen) atoms. The molecule has 62 valence electrons. The van der Waals surface area contributed by atoms with Gasteiger partial charge in [0.05, 0.1) is 6.61 Å². The highest BCUT2D eigenvalue weighted by Gasteiger charge is 2.14. The molecule has 0 aliphatic carbocycles. The molecular weight excluding hydrogens is 142 g/mol. The summed E-state index contributed by atoms with van der Waals surface area (Å²) in [7, 11) is 0. The van der Waals surface area contributed by atoms with Crippen LogP contribution in [-0.4, -0.2) is 30.7 Å². The van der Waals surface area contributed by atoms with E-state index in [2.05, 4.69) is 0 Å². The molecule has 0 aromatic heterocycles. The fourth-order valence-electron chi connectivity index (χ4n) is 0.908. The predicted molar refractivity (Wildman–Crippen MR) is 42.4 cm³/mol. The molecule has 0 radical (unpaired) electrons. The average molecular weight is 155 g/mol. The second-order valence-electron chi connectivity index (χ2n) is 2.49. The average Bonchev–Trinajstić information content (AvgIpc) is 2.52. The van der Waals surface area contributed by atoms with E-state index in [1.165, 1.54) is 0 Å². The molecule has 1 aliphatic heterocycles. The van der Waals surface area contributed by atoms with Crippen molar-refractivity contribution in [1.82, 2.24) is 4.90 Å². The van der Waals surface area contributed by atoms with Crippen LogP contribution in [0.4, 0.5) is 4.79 Å². The third-order valence-electron chi connectivity index (χ3n) is 1.51. The highest BCUT2D eigenvalue weighted by atomic mass is 16.6. The summed E-state index contributed by atoms with van der Waals surface area (Å²) in [5, 5.41) is 0. The van der Waals surface area contributed by atoms with Gasteiger partial charge in [0.25, 0.3) is 0 Å². The van der Waals surface area contributed by atoms with Crippen LogP contribution in [0.25, 0.3) is 0 Å². The topological polar surface area (TPSA) is 29.5 Å². The lowest BCUT2D eigenvalue weighted by Gasteiger charge is -2.14. The normalized spacial score (nSPS) is 15.5. The van der Waals surface area contributed by atoms with Crippen molar-refractivity contribution in [3.63, 3.8) is 0 Å². The summed E-state index contributed by atoms with van der Waals surface area (Å²) in [5.41, 5.74) is 0. The van der Waals surface area contributed by atoms with E-state index in [-0.39, 0.29) is 6.09 Å². The third kappa shape index (κ3) is 2.26. The van der Waals surface area contributed by atoms with E-state index in [0.717, 1.165) is 6.42 Å². The molecule has 0 N–H and O–H groups in total. The Morgan fingerprint density at radius 3 is 2.73 bits per heavy atom. The molecule has 0 unspecified atom stereocenters. The molecule has 1 aliphatic rings. The molecule has 1 amide bonds. The van der Waals surface area contributed by atoms with Crippen molar-refractivity contribution in [2.75, 3.05) is 19.7 Å². The molecule has 0 atom stereocenters. The molecule has 1 heterocycles. The number of nitrogens with zero attached hydrogens (tertiary/aromatic N) is 1. The van der Waals surface area contributed by atoms with Crippen LogP contribution in [0.3, 0.4) is 0 Å². The first-order chi connectivity index (χ1) is 5.34. The zero-order valence-corrected chi connectivity index (χ0v) is 6.75. The summed E-state index contributed by atoms with van der Waals surface area (Å²) >= 11 is 0.